The van der Waals surface area contributed by atoms with Gasteiger partial charge in [0.2, 0.25) is 0 Å². The Balaban J connectivity index is 1.77. The van der Waals surface area contributed by atoms with E-state index in [1.807, 2.05) is 0 Å². The van der Waals surface area contributed by atoms with Crippen LogP contribution in [0, 0.1) is 0 Å². The maximum Gasteiger partial charge on any atom is 0.416 e. The number of fused-ring (bicyclic) bond motifs is 1. The predicted molar refractivity (Wildman–Crippen MR) is 85.8 cm³/mol. The lowest BCUT2D eigenvalue weighted by molar-refractivity contribution is -0.137. The van der Waals surface area contributed by atoms with E-state index in [2.05, 4.69) is 4.98 Å². The van der Waals surface area contributed by atoms with Crippen molar-refractivity contribution >= 4 is 11.7 Å². The summed E-state index contributed by atoms with van der Waals surface area (Å²) in [6.45, 7) is 2.04. The summed E-state index contributed by atoms with van der Waals surface area (Å²) in [6, 6.07) is 1.80. The number of anilines is 1. The Morgan fingerprint density at radius 2 is 1.92 bits per heavy atom. The molecule has 0 aliphatic carbocycles. The summed E-state index contributed by atoms with van der Waals surface area (Å²) in [6.07, 6.45) is -1.52. The van der Waals surface area contributed by atoms with Gasteiger partial charge in [-0.1, -0.05) is 0 Å². The zero-order chi connectivity index (χ0) is 18.3. The molecule has 0 spiro atoms. The Labute approximate surface area is 147 Å². The first-order valence-electron chi connectivity index (χ1n) is 8.22. The Hall–Kier alpha value is -2.55. The number of hydrogen-bond acceptors (Lipinski definition) is 4. The minimum absolute atomic E-state index is 0.257. The topological polar surface area (TPSA) is 58.8 Å². The van der Waals surface area contributed by atoms with Crippen LogP contribution < -0.4 is 4.90 Å². The van der Waals surface area contributed by atoms with E-state index in [1.54, 1.807) is 4.90 Å². The summed E-state index contributed by atoms with van der Waals surface area (Å²) in [7, 11) is 0. The lowest BCUT2D eigenvalue weighted by atomic mass is 9.99. The van der Waals surface area contributed by atoms with Gasteiger partial charge in [-0.2, -0.15) is 13.2 Å². The highest BCUT2D eigenvalue weighted by molar-refractivity contribution is 5.96. The van der Waals surface area contributed by atoms with Crippen LogP contribution in [-0.2, 0) is 17.3 Å². The van der Waals surface area contributed by atoms with Crippen LogP contribution >= 0.6 is 0 Å². The third kappa shape index (κ3) is 2.92. The lowest BCUT2D eigenvalue weighted by Gasteiger charge is -2.31. The zero-order valence-electron chi connectivity index (χ0n) is 13.8. The minimum atomic E-state index is -4.53. The van der Waals surface area contributed by atoms with Gasteiger partial charge in [0.25, 0.3) is 0 Å². The normalized spacial score (nSPS) is 17.5. The fourth-order valence-electron chi connectivity index (χ4n) is 3.36. The number of hydrogen-bond donors (Lipinski definition) is 0. The molecule has 138 valence electrons. The molecule has 4 rings (SSSR count). The van der Waals surface area contributed by atoms with Crippen LogP contribution in [0.1, 0.15) is 11.1 Å². The number of halogens is 3. The molecule has 6 nitrogen and oxygen atoms in total. The average Bonchev–Trinajstić information content (AvgIpc) is 3.30. The van der Waals surface area contributed by atoms with Gasteiger partial charge in [0.15, 0.2) is 12.2 Å². The average molecular weight is 367 g/mol. The molecule has 1 aromatic heterocycles. The SMILES string of the molecule is O=C(N1CCOCC1)N1CCc2c(-c3cnco3)cc(C(F)(F)F)cc21. The molecule has 1 fully saturated rings. The summed E-state index contributed by atoms with van der Waals surface area (Å²) in [5, 5.41) is 0. The number of carbonyl (C=O) groups excluding carboxylic acids is 1. The van der Waals surface area contributed by atoms with Crippen LogP contribution in [0.25, 0.3) is 11.3 Å². The standard InChI is InChI=1S/C17H16F3N3O3/c18-17(19,20)11-7-13(15-9-21-10-26-15)12-1-2-23(14(12)8-11)16(24)22-3-5-25-6-4-22/h7-10H,1-6H2. The Bertz CT molecular complexity index is 815. The third-order valence-corrected chi connectivity index (χ3v) is 4.64. The molecule has 1 aromatic carbocycles. The number of amides is 2. The molecule has 0 bridgehead atoms. The monoisotopic (exact) mass is 367 g/mol. The maximum absolute atomic E-state index is 13.4. The van der Waals surface area contributed by atoms with Gasteiger partial charge in [-0.15, -0.1) is 0 Å². The van der Waals surface area contributed by atoms with E-state index in [-0.39, 0.29) is 17.5 Å². The van der Waals surface area contributed by atoms with Crippen LogP contribution in [0.5, 0.6) is 0 Å². The van der Waals surface area contributed by atoms with E-state index in [0.717, 1.165) is 12.1 Å². The minimum Gasteiger partial charge on any atom is -0.444 e. The van der Waals surface area contributed by atoms with Crippen molar-refractivity contribution in [2.75, 3.05) is 37.7 Å². The van der Waals surface area contributed by atoms with Gasteiger partial charge in [0, 0.05) is 25.2 Å². The van der Waals surface area contributed by atoms with Crippen molar-refractivity contribution in [1.29, 1.82) is 0 Å². The second-order valence-corrected chi connectivity index (χ2v) is 6.17. The van der Waals surface area contributed by atoms with Crippen molar-refractivity contribution in [1.82, 2.24) is 9.88 Å². The van der Waals surface area contributed by atoms with E-state index in [1.165, 1.54) is 17.5 Å². The van der Waals surface area contributed by atoms with Crippen LogP contribution in [0.15, 0.2) is 29.1 Å². The number of morpholine rings is 1. The molecule has 0 saturated carbocycles. The first kappa shape index (κ1) is 16.9. The summed E-state index contributed by atoms with van der Waals surface area (Å²) in [5.74, 6) is 0.257. The van der Waals surface area contributed by atoms with Crippen molar-refractivity contribution in [3.05, 3.63) is 35.9 Å². The number of alkyl halides is 3. The van der Waals surface area contributed by atoms with E-state index in [4.69, 9.17) is 9.15 Å². The van der Waals surface area contributed by atoms with Crippen LogP contribution in [0.3, 0.4) is 0 Å². The number of benzene rings is 1. The van der Waals surface area contributed by atoms with Crippen molar-refractivity contribution in [3.63, 3.8) is 0 Å². The summed E-state index contributed by atoms with van der Waals surface area (Å²) in [5.41, 5.74) is 0.452. The number of ether oxygens (including phenoxy) is 1. The number of nitrogens with zero attached hydrogens (tertiary/aromatic N) is 3. The number of oxazole rings is 1. The zero-order valence-corrected chi connectivity index (χ0v) is 13.8. The van der Waals surface area contributed by atoms with Gasteiger partial charge < -0.3 is 14.1 Å². The Morgan fingerprint density at radius 1 is 1.15 bits per heavy atom. The molecule has 2 aromatic rings. The highest BCUT2D eigenvalue weighted by Crippen LogP contribution is 2.42. The second-order valence-electron chi connectivity index (χ2n) is 6.17. The summed E-state index contributed by atoms with van der Waals surface area (Å²) in [4.78, 5) is 19.6. The second kappa shape index (κ2) is 6.31. The molecule has 2 amide bonds. The van der Waals surface area contributed by atoms with E-state index < -0.39 is 11.7 Å². The molecular weight excluding hydrogens is 351 g/mol. The van der Waals surface area contributed by atoms with Crippen molar-refractivity contribution < 1.29 is 27.1 Å². The molecule has 0 radical (unpaired) electrons. The summed E-state index contributed by atoms with van der Waals surface area (Å²) < 4.78 is 50.6. The molecule has 3 heterocycles. The van der Waals surface area contributed by atoms with Gasteiger partial charge in [-0.05, 0) is 24.1 Å². The van der Waals surface area contributed by atoms with Gasteiger partial charge >= 0.3 is 12.2 Å². The van der Waals surface area contributed by atoms with Crippen molar-refractivity contribution in [3.8, 4) is 11.3 Å². The first-order valence-corrected chi connectivity index (χ1v) is 8.22. The quantitative estimate of drug-likeness (QED) is 0.777. The summed E-state index contributed by atoms with van der Waals surface area (Å²) >= 11 is 0. The number of urea groups is 1. The third-order valence-electron chi connectivity index (χ3n) is 4.64. The Kier molecular flexibility index (Phi) is 4.10. The first-order chi connectivity index (χ1) is 12.4. The molecule has 9 heteroatoms. The molecule has 0 unspecified atom stereocenters. The van der Waals surface area contributed by atoms with E-state index in [9.17, 15) is 18.0 Å². The molecule has 26 heavy (non-hydrogen) atoms. The van der Waals surface area contributed by atoms with Crippen molar-refractivity contribution in [2.45, 2.75) is 12.6 Å². The number of carbonyl (C=O) groups is 1. The predicted octanol–water partition coefficient (Wildman–Crippen LogP) is 3.18. The van der Waals surface area contributed by atoms with Crippen LogP contribution in [-0.4, -0.2) is 48.8 Å². The Morgan fingerprint density at radius 3 is 2.58 bits per heavy atom. The van der Waals surface area contributed by atoms with Gasteiger partial charge in [0.1, 0.15) is 0 Å². The lowest BCUT2D eigenvalue weighted by Crippen LogP contribution is -2.47. The van der Waals surface area contributed by atoms with E-state index >= 15 is 0 Å². The number of rotatable bonds is 1. The largest absolute Gasteiger partial charge is 0.444 e. The fourth-order valence-corrected chi connectivity index (χ4v) is 3.36. The highest BCUT2D eigenvalue weighted by Gasteiger charge is 2.37. The smallest absolute Gasteiger partial charge is 0.416 e. The van der Waals surface area contributed by atoms with Gasteiger partial charge in [0.05, 0.1) is 30.7 Å². The van der Waals surface area contributed by atoms with Crippen molar-refractivity contribution in [2.24, 2.45) is 0 Å². The van der Waals surface area contributed by atoms with Gasteiger partial charge in [-0.25, -0.2) is 9.78 Å². The fraction of sp³-hybridized carbons (Fsp3) is 0.412. The highest BCUT2D eigenvalue weighted by atomic mass is 19.4. The molecular formula is C17H16F3N3O3. The maximum atomic E-state index is 13.4. The van der Waals surface area contributed by atoms with Gasteiger partial charge in [-0.3, -0.25) is 4.90 Å². The molecule has 0 atom stereocenters. The van der Waals surface area contributed by atoms with Crippen LogP contribution in [0.4, 0.5) is 23.7 Å². The number of aromatic nitrogens is 1. The molecule has 2 aliphatic rings. The molecule has 2 aliphatic heterocycles. The van der Waals surface area contributed by atoms with Crippen LogP contribution in [0.2, 0.25) is 0 Å². The molecule has 0 N–H and O–H groups in total. The van der Waals surface area contributed by atoms with E-state index in [0.29, 0.717) is 50.4 Å². The molecule has 1 saturated heterocycles.